The van der Waals surface area contributed by atoms with Crippen molar-refractivity contribution in [3.63, 3.8) is 0 Å². The van der Waals surface area contributed by atoms with Crippen molar-refractivity contribution in [1.29, 1.82) is 0 Å². The fourth-order valence-electron chi connectivity index (χ4n) is 2.94. The predicted octanol–water partition coefficient (Wildman–Crippen LogP) is 1.18. The zero-order chi connectivity index (χ0) is 18.7. The van der Waals surface area contributed by atoms with Crippen LogP contribution in [0.2, 0.25) is 0 Å². The number of amides is 3. The Bertz CT molecular complexity index is 851. The number of carbonyl (C=O) groups is 3. The fraction of sp³-hybridized carbons (Fsp3) is 0.211. The van der Waals surface area contributed by atoms with E-state index in [0.29, 0.717) is 16.9 Å². The first-order chi connectivity index (χ1) is 12.5. The van der Waals surface area contributed by atoms with E-state index in [-0.39, 0.29) is 36.5 Å². The molecular formula is C19H19FN3O3+. The van der Waals surface area contributed by atoms with Crippen LogP contribution in [0.1, 0.15) is 18.9 Å². The van der Waals surface area contributed by atoms with Crippen LogP contribution in [0.5, 0.6) is 0 Å². The smallest absolute Gasteiger partial charge is 0.292 e. The maximum atomic E-state index is 13.7. The van der Waals surface area contributed by atoms with Crippen molar-refractivity contribution >= 4 is 29.1 Å². The number of anilines is 2. The lowest BCUT2D eigenvalue weighted by Crippen LogP contribution is -2.90. The molecule has 3 rings (SSSR count). The number of quaternary nitrogens is 1. The minimum atomic E-state index is -0.572. The lowest BCUT2D eigenvalue weighted by molar-refractivity contribution is -0.690. The number of nitrogens with one attached hydrogen (secondary N) is 1. The average molecular weight is 356 g/mol. The van der Waals surface area contributed by atoms with Gasteiger partial charge in [-0.15, -0.1) is 0 Å². The molecule has 2 aromatic rings. The molecular weight excluding hydrogens is 337 g/mol. The summed E-state index contributed by atoms with van der Waals surface area (Å²) in [6.07, 6.45) is 0.0702. The number of hydrogen-bond donors (Lipinski definition) is 2. The number of rotatable bonds is 5. The molecule has 0 radical (unpaired) electrons. The highest BCUT2D eigenvalue weighted by Gasteiger charge is 2.42. The second-order valence-corrected chi connectivity index (χ2v) is 6.14. The first kappa shape index (κ1) is 17.8. The van der Waals surface area contributed by atoms with Crippen molar-refractivity contribution in [2.45, 2.75) is 25.9 Å². The molecule has 0 unspecified atom stereocenters. The molecule has 3 N–H and O–H groups in total. The number of benzene rings is 2. The van der Waals surface area contributed by atoms with Crippen molar-refractivity contribution in [2.75, 3.05) is 10.2 Å². The van der Waals surface area contributed by atoms with E-state index in [4.69, 9.17) is 0 Å². The summed E-state index contributed by atoms with van der Waals surface area (Å²) in [6.45, 7) is 1.68. The van der Waals surface area contributed by atoms with E-state index in [9.17, 15) is 18.8 Å². The molecule has 1 atom stereocenters. The Hall–Kier alpha value is -3.06. The third kappa shape index (κ3) is 3.78. The summed E-state index contributed by atoms with van der Waals surface area (Å²) in [6, 6.07) is 12.3. The Kier molecular flexibility index (Phi) is 5.09. The van der Waals surface area contributed by atoms with Gasteiger partial charge in [0, 0.05) is 18.2 Å². The van der Waals surface area contributed by atoms with Gasteiger partial charge in [-0.3, -0.25) is 14.4 Å². The summed E-state index contributed by atoms with van der Waals surface area (Å²) in [5.74, 6) is -1.14. The normalized spacial score (nSPS) is 16.8. The van der Waals surface area contributed by atoms with E-state index in [0.717, 1.165) is 4.90 Å². The van der Waals surface area contributed by atoms with Gasteiger partial charge in [-0.25, -0.2) is 9.29 Å². The summed E-state index contributed by atoms with van der Waals surface area (Å²) in [7, 11) is 0. The molecule has 3 amide bonds. The Morgan fingerprint density at radius 3 is 2.54 bits per heavy atom. The number of hydrogen-bond acceptors (Lipinski definition) is 3. The predicted molar refractivity (Wildman–Crippen MR) is 93.7 cm³/mol. The largest absolute Gasteiger partial charge is 0.332 e. The second kappa shape index (κ2) is 7.45. The van der Waals surface area contributed by atoms with Gasteiger partial charge in [0.25, 0.3) is 5.91 Å². The zero-order valence-electron chi connectivity index (χ0n) is 14.2. The molecule has 134 valence electrons. The van der Waals surface area contributed by atoms with Crippen molar-refractivity contribution < 1.29 is 24.1 Å². The summed E-state index contributed by atoms with van der Waals surface area (Å²) >= 11 is 0. The van der Waals surface area contributed by atoms with Gasteiger partial charge in [-0.1, -0.05) is 18.2 Å². The van der Waals surface area contributed by atoms with Crippen LogP contribution < -0.4 is 15.5 Å². The summed E-state index contributed by atoms with van der Waals surface area (Å²) < 4.78 is 13.7. The van der Waals surface area contributed by atoms with Gasteiger partial charge in [-0.2, -0.15) is 0 Å². The SMILES string of the molecule is CC(=O)Nc1ccc(N2C(=O)C[C@@H]([NH2+]Cc3ccccc3F)C2=O)cc1. The standard InChI is InChI=1S/C19H18FN3O3/c1-12(24)22-14-6-8-15(9-7-14)23-18(25)10-17(19(23)26)21-11-13-4-2-3-5-16(13)20/h2-9,17,21H,10-11H2,1H3,(H,22,24)/p+1/t17-/m1/s1. The number of nitrogens with two attached hydrogens (primary N) is 1. The quantitative estimate of drug-likeness (QED) is 0.789. The molecule has 0 aromatic heterocycles. The number of halogens is 1. The maximum Gasteiger partial charge on any atom is 0.292 e. The van der Waals surface area contributed by atoms with E-state index in [1.807, 2.05) is 0 Å². The summed E-state index contributed by atoms with van der Waals surface area (Å²) in [4.78, 5) is 37.1. The molecule has 0 aliphatic carbocycles. The first-order valence-electron chi connectivity index (χ1n) is 8.27. The molecule has 0 saturated carbocycles. The molecule has 26 heavy (non-hydrogen) atoms. The van der Waals surface area contributed by atoms with Crippen molar-refractivity contribution in [3.05, 3.63) is 59.9 Å². The van der Waals surface area contributed by atoms with Crippen LogP contribution >= 0.6 is 0 Å². The second-order valence-electron chi connectivity index (χ2n) is 6.14. The molecule has 0 spiro atoms. The Morgan fingerprint density at radius 1 is 1.19 bits per heavy atom. The van der Waals surface area contributed by atoms with E-state index in [1.54, 1.807) is 47.8 Å². The van der Waals surface area contributed by atoms with E-state index in [1.165, 1.54) is 13.0 Å². The van der Waals surface area contributed by atoms with Gasteiger partial charge >= 0.3 is 0 Å². The molecule has 1 aliphatic heterocycles. The molecule has 1 heterocycles. The van der Waals surface area contributed by atoms with Gasteiger partial charge in [-0.05, 0) is 30.3 Å². The first-order valence-corrected chi connectivity index (χ1v) is 8.27. The minimum absolute atomic E-state index is 0.0702. The molecule has 6 nitrogen and oxygen atoms in total. The lowest BCUT2D eigenvalue weighted by atomic mass is 10.2. The van der Waals surface area contributed by atoms with Gasteiger partial charge in [0.05, 0.1) is 12.1 Å². The number of imide groups is 1. The Balaban J connectivity index is 1.68. The van der Waals surface area contributed by atoms with Gasteiger partial charge in [0.2, 0.25) is 11.8 Å². The maximum absolute atomic E-state index is 13.7. The zero-order valence-corrected chi connectivity index (χ0v) is 14.2. The monoisotopic (exact) mass is 356 g/mol. The highest BCUT2D eigenvalue weighted by atomic mass is 19.1. The van der Waals surface area contributed by atoms with Crippen LogP contribution in [0.25, 0.3) is 0 Å². The van der Waals surface area contributed by atoms with E-state index in [2.05, 4.69) is 5.32 Å². The van der Waals surface area contributed by atoms with Crippen LogP contribution in [0.3, 0.4) is 0 Å². The number of nitrogens with zero attached hydrogens (tertiary/aromatic N) is 1. The summed E-state index contributed by atoms with van der Waals surface area (Å²) in [5, 5.41) is 4.31. The van der Waals surface area contributed by atoms with E-state index >= 15 is 0 Å². The van der Waals surface area contributed by atoms with Crippen LogP contribution in [0, 0.1) is 5.82 Å². The van der Waals surface area contributed by atoms with Crippen LogP contribution in [-0.4, -0.2) is 23.8 Å². The third-order valence-electron chi connectivity index (χ3n) is 4.21. The molecule has 1 aliphatic rings. The average Bonchev–Trinajstić information content (AvgIpc) is 2.88. The molecule has 2 aromatic carbocycles. The molecule has 1 saturated heterocycles. The lowest BCUT2D eigenvalue weighted by Gasteiger charge is -2.15. The Labute approximate surface area is 150 Å². The third-order valence-corrected chi connectivity index (χ3v) is 4.21. The van der Waals surface area contributed by atoms with Crippen molar-refractivity contribution in [1.82, 2.24) is 0 Å². The van der Waals surface area contributed by atoms with E-state index < -0.39 is 6.04 Å². The van der Waals surface area contributed by atoms with Gasteiger partial charge in [0.15, 0.2) is 6.04 Å². The van der Waals surface area contributed by atoms with Crippen LogP contribution in [0.4, 0.5) is 15.8 Å². The van der Waals surface area contributed by atoms with Crippen molar-refractivity contribution in [3.8, 4) is 0 Å². The fourth-order valence-corrected chi connectivity index (χ4v) is 2.94. The molecule has 7 heteroatoms. The Morgan fingerprint density at radius 2 is 1.88 bits per heavy atom. The highest BCUT2D eigenvalue weighted by Crippen LogP contribution is 2.23. The van der Waals surface area contributed by atoms with Gasteiger partial charge in [0.1, 0.15) is 12.4 Å². The minimum Gasteiger partial charge on any atom is -0.332 e. The molecule has 0 bridgehead atoms. The van der Waals surface area contributed by atoms with Crippen LogP contribution in [-0.2, 0) is 20.9 Å². The highest BCUT2D eigenvalue weighted by molar-refractivity contribution is 6.21. The summed E-state index contributed by atoms with van der Waals surface area (Å²) in [5.41, 5.74) is 1.53. The van der Waals surface area contributed by atoms with Gasteiger partial charge < -0.3 is 10.6 Å². The number of carbonyl (C=O) groups excluding carboxylic acids is 3. The molecule has 1 fully saturated rings. The van der Waals surface area contributed by atoms with Crippen LogP contribution in [0.15, 0.2) is 48.5 Å². The topological polar surface area (TPSA) is 83.1 Å². The van der Waals surface area contributed by atoms with Crippen molar-refractivity contribution in [2.24, 2.45) is 0 Å².